The number of nitro benzene ring substituents is 1. The maximum Gasteiger partial charge on any atom is 0.312 e. The molecule has 0 atom stereocenters. The summed E-state index contributed by atoms with van der Waals surface area (Å²) in [7, 11) is 0. The van der Waals surface area contributed by atoms with Gasteiger partial charge in [0.2, 0.25) is 0 Å². The average molecular weight is 290 g/mol. The molecule has 0 N–H and O–H groups in total. The Balaban J connectivity index is 2.19. The summed E-state index contributed by atoms with van der Waals surface area (Å²) in [5, 5.41) is 20.0. The molecule has 0 bridgehead atoms. The van der Waals surface area contributed by atoms with E-state index in [4.69, 9.17) is 21.6 Å². The van der Waals surface area contributed by atoms with Crippen molar-refractivity contribution in [3.8, 4) is 11.8 Å². The van der Waals surface area contributed by atoms with E-state index in [-0.39, 0.29) is 23.6 Å². The summed E-state index contributed by atoms with van der Waals surface area (Å²) in [6.07, 6.45) is 1.53. The standard InChI is InChI=1S/C13H8ClN3O3/c14-13-4-2-10(7-16-13)8-20-12-3-1-9(6-15)5-11(12)17(18)19/h1-5,7H,8H2. The predicted molar refractivity (Wildman–Crippen MR) is 71.4 cm³/mol. The lowest BCUT2D eigenvalue weighted by Gasteiger charge is -2.06. The third kappa shape index (κ3) is 3.22. The highest BCUT2D eigenvalue weighted by Crippen LogP contribution is 2.28. The van der Waals surface area contributed by atoms with Crippen molar-refractivity contribution in [2.75, 3.05) is 0 Å². The molecule has 2 rings (SSSR count). The Hall–Kier alpha value is -2.65. The number of rotatable bonds is 4. The number of ether oxygens (including phenoxy) is 1. The molecule has 100 valence electrons. The van der Waals surface area contributed by atoms with Crippen LogP contribution in [0.2, 0.25) is 5.15 Å². The zero-order chi connectivity index (χ0) is 14.5. The molecule has 20 heavy (non-hydrogen) atoms. The number of benzene rings is 1. The first-order chi connectivity index (χ1) is 9.60. The highest BCUT2D eigenvalue weighted by atomic mass is 35.5. The third-order valence-electron chi connectivity index (χ3n) is 2.47. The topological polar surface area (TPSA) is 89.0 Å². The van der Waals surface area contributed by atoms with Gasteiger partial charge in [-0.05, 0) is 18.2 Å². The summed E-state index contributed by atoms with van der Waals surface area (Å²) < 4.78 is 5.39. The van der Waals surface area contributed by atoms with Gasteiger partial charge in [0.05, 0.1) is 16.6 Å². The van der Waals surface area contributed by atoms with Gasteiger partial charge in [0, 0.05) is 17.8 Å². The Morgan fingerprint density at radius 3 is 2.80 bits per heavy atom. The Morgan fingerprint density at radius 1 is 1.40 bits per heavy atom. The van der Waals surface area contributed by atoms with E-state index in [9.17, 15) is 10.1 Å². The summed E-state index contributed by atoms with van der Waals surface area (Å²) >= 11 is 5.66. The molecule has 0 unspecified atom stereocenters. The maximum absolute atomic E-state index is 10.9. The van der Waals surface area contributed by atoms with Gasteiger partial charge in [-0.3, -0.25) is 10.1 Å². The number of halogens is 1. The number of hydrogen-bond donors (Lipinski definition) is 0. The average Bonchev–Trinajstić information content (AvgIpc) is 2.46. The van der Waals surface area contributed by atoms with Crippen molar-refractivity contribution in [2.24, 2.45) is 0 Å². The number of hydrogen-bond acceptors (Lipinski definition) is 5. The smallest absolute Gasteiger partial charge is 0.312 e. The monoisotopic (exact) mass is 289 g/mol. The highest BCUT2D eigenvalue weighted by Gasteiger charge is 2.16. The van der Waals surface area contributed by atoms with E-state index < -0.39 is 4.92 Å². The molecule has 0 spiro atoms. The molecule has 0 saturated carbocycles. The second-order valence-corrected chi connectivity index (χ2v) is 4.22. The van der Waals surface area contributed by atoms with Crippen LogP contribution < -0.4 is 4.74 Å². The zero-order valence-corrected chi connectivity index (χ0v) is 10.9. The van der Waals surface area contributed by atoms with Crippen LogP contribution in [0.4, 0.5) is 5.69 Å². The van der Waals surface area contributed by atoms with Gasteiger partial charge in [0.1, 0.15) is 11.8 Å². The fraction of sp³-hybridized carbons (Fsp3) is 0.0769. The molecule has 0 amide bonds. The molecular formula is C13H8ClN3O3. The lowest BCUT2D eigenvalue weighted by atomic mass is 10.2. The van der Waals surface area contributed by atoms with Crippen LogP contribution >= 0.6 is 11.6 Å². The first kappa shape index (κ1) is 13.8. The van der Waals surface area contributed by atoms with Gasteiger partial charge < -0.3 is 4.74 Å². The fourth-order valence-electron chi connectivity index (χ4n) is 1.50. The van der Waals surface area contributed by atoms with Gasteiger partial charge in [0.15, 0.2) is 5.75 Å². The van der Waals surface area contributed by atoms with Gasteiger partial charge in [-0.2, -0.15) is 5.26 Å². The van der Waals surface area contributed by atoms with Gasteiger partial charge in [-0.15, -0.1) is 0 Å². The van der Waals surface area contributed by atoms with Crippen LogP contribution in [-0.4, -0.2) is 9.91 Å². The Morgan fingerprint density at radius 2 is 2.20 bits per heavy atom. The van der Waals surface area contributed by atoms with Crippen molar-refractivity contribution in [3.05, 3.63) is 62.9 Å². The van der Waals surface area contributed by atoms with Crippen LogP contribution in [0.25, 0.3) is 0 Å². The van der Waals surface area contributed by atoms with Gasteiger partial charge in [-0.1, -0.05) is 17.7 Å². The van der Waals surface area contributed by atoms with Crippen LogP contribution in [0, 0.1) is 21.4 Å². The summed E-state index contributed by atoms with van der Waals surface area (Å²) in [6, 6.07) is 9.20. The number of nitrogens with zero attached hydrogens (tertiary/aromatic N) is 3. The van der Waals surface area contributed by atoms with Crippen LogP contribution in [0.3, 0.4) is 0 Å². The molecule has 0 fully saturated rings. The van der Waals surface area contributed by atoms with Crippen LogP contribution in [0.5, 0.6) is 5.75 Å². The van der Waals surface area contributed by atoms with E-state index >= 15 is 0 Å². The molecule has 0 radical (unpaired) electrons. The Kier molecular flexibility index (Phi) is 4.13. The van der Waals surface area contributed by atoms with Gasteiger partial charge >= 0.3 is 5.69 Å². The Labute approximate surface area is 119 Å². The molecule has 0 saturated heterocycles. The molecule has 1 aromatic heterocycles. The zero-order valence-electron chi connectivity index (χ0n) is 10.1. The Bertz CT molecular complexity index is 680. The lowest BCUT2D eigenvalue weighted by molar-refractivity contribution is -0.386. The minimum Gasteiger partial charge on any atom is -0.482 e. The van der Waals surface area contributed by atoms with Crippen molar-refractivity contribution in [1.82, 2.24) is 4.98 Å². The fourth-order valence-corrected chi connectivity index (χ4v) is 1.62. The van der Waals surface area contributed by atoms with E-state index in [1.54, 1.807) is 12.1 Å². The van der Waals surface area contributed by atoms with E-state index in [0.29, 0.717) is 5.15 Å². The molecule has 6 nitrogen and oxygen atoms in total. The second-order valence-electron chi connectivity index (χ2n) is 3.83. The van der Waals surface area contributed by atoms with E-state index in [0.717, 1.165) is 5.56 Å². The van der Waals surface area contributed by atoms with Crippen molar-refractivity contribution < 1.29 is 9.66 Å². The van der Waals surface area contributed by atoms with Crippen molar-refractivity contribution in [1.29, 1.82) is 5.26 Å². The number of aromatic nitrogens is 1. The minimum absolute atomic E-state index is 0.101. The van der Waals surface area contributed by atoms with Gasteiger partial charge in [-0.25, -0.2) is 4.98 Å². The van der Waals surface area contributed by atoms with Crippen molar-refractivity contribution in [3.63, 3.8) is 0 Å². The number of nitriles is 1. The largest absolute Gasteiger partial charge is 0.482 e. The summed E-state index contributed by atoms with van der Waals surface area (Å²) in [5.41, 5.74) is 0.691. The quantitative estimate of drug-likeness (QED) is 0.490. The van der Waals surface area contributed by atoms with Crippen molar-refractivity contribution >= 4 is 17.3 Å². The molecule has 1 heterocycles. The molecular weight excluding hydrogens is 282 g/mol. The minimum atomic E-state index is -0.587. The van der Waals surface area contributed by atoms with Crippen LogP contribution in [0.15, 0.2) is 36.5 Å². The van der Waals surface area contributed by atoms with Crippen LogP contribution in [0.1, 0.15) is 11.1 Å². The van der Waals surface area contributed by atoms with E-state index in [2.05, 4.69) is 4.98 Å². The summed E-state index contributed by atoms with van der Waals surface area (Å²) in [4.78, 5) is 14.2. The maximum atomic E-state index is 10.9. The molecule has 2 aromatic rings. The normalized spacial score (nSPS) is 9.80. The van der Waals surface area contributed by atoms with Crippen LogP contribution in [-0.2, 0) is 6.61 Å². The van der Waals surface area contributed by atoms with Crippen molar-refractivity contribution in [2.45, 2.75) is 6.61 Å². The predicted octanol–water partition coefficient (Wildman–Crippen LogP) is 3.09. The summed E-state index contributed by atoms with van der Waals surface area (Å²) in [5.74, 6) is 0.101. The SMILES string of the molecule is N#Cc1ccc(OCc2ccc(Cl)nc2)c([N+](=O)[O-])c1. The molecule has 1 aromatic carbocycles. The second kappa shape index (κ2) is 5.99. The van der Waals surface area contributed by atoms with Gasteiger partial charge in [0.25, 0.3) is 0 Å². The molecule has 0 aliphatic rings. The molecule has 0 aliphatic heterocycles. The van der Waals surface area contributed by atoms with E-state index in [1.165, 1.54) is 24.4 Å². The third-order valence-corrected chi connectivity index (χ3v) is 2.69. The molecule has 7 heteroatoms. The lowest BCUT2D eigenvalue weighted by Crippen LogP contribution is -2.00. The summed E-state index contributed by atoms with van der Waals surface area (Å²) in [6.45, 7) is 0.122. The number of nitro groups is 1. The number of pyridine rings is 1. The first-order valence-electron chi connectivity index (χ1n) is 5.52. The first-order valence-corrected chi connectivity index (χ1v) is 5.89. The van der Waals surface area contributed by atoms with E-state index in [1.807, 2.05) is 6.07 Å². The highest BCUT2D eigenvalue weighted by molar-refractivity contribution is 6.29. The molecule has 0 aliphatic carbocycles.